The van der Waals surface area contributed by atoms with Gasteiger partial charge in [-0.15, -0.1) is 0 Å². The molecule has 2 N–H and O–H groups in total. The molecule has 0 spiro atoms. The Morgan fingerprint density at radius 1 is 1.20 bits per heavy atom. The van der Waals surface area contributed by atoms with Gasteiger partial charge in [-0.1, -0.05) is 13.8 Å². The highest BCUT2D eigenvalue weighted by molar-refractivity contribution is 5.56. The van der Waals surface area contributed by atoms with Gasteiger partial charge in [-0.25, -0.2) is 0 Å². The molecule has 0 atom stereocenters. The number of anilines is 1. The third-order valence-corrected chi connectivity index (χ3v) is 2.58. The highest BCUT2D eigenvalue weighted by Crippen LogP contribution is 2.24. The van der Waals surface area contributed by atoms with Crippen LogP contribution in [0.3, 0.4) is 0 Å². The van der Waals surface area contributed by atoms with Gasteiger partial charge in [-0.2, -0.15) is 0 Å². The normalized spacial score (nSPS) is 10.7. The number of nitrogens with one attached hydrogen (secondary N) is 1. The van der Waals surface area contributed by atoms with Crippen LogP contribution < -0.4 is 5.32 Å². The molecule has 0 aromatic heterocycles. The van der Waals surface area contributed by atoms with E-state index in [4.69, 9.17) is 0 Å². The maximum Gasteiger partial charge on any atom is 0.118 e. The first-order valence-electron chi connectivity index (χ1n) is 5.54. The van der Waals surface area contributed by atoms with Gasteiger partial charge in [0.1, 0.15) is 5.75 Å². The van der Waals surface area contributed by atoms with E-state index in [0.717, 1.165) is 29.3 Å². The fourth-order valence-corrected chi connectivity index (χ4v) is 1.49. The molecule has 0 amide bonds. The molecule has 1 rings (SSSR count). The zero-order chi connectivity index (χ0) is 11.4. The summed E-state index contributed by atoms with van der Waals surface area (Å²) >= 11 is 0. The van der Waals surface area contributed by atoms with Gasteiger partial charge >= 0.3 is 0 Å². The van der Waals surface area contributed by atoms with E-state index >= 15 is 0 Å². The van der Waals surface area contributed by atoms with Crippen LogP contribution in [0.25, 0.3) is 0 Å². The maximum absolute atomic E-state index is 9.51. The predicted molar refractivity (Wildman–Crippen MR) is 65.5 cm³/mol. The van der Waals surface area contributed by atoms with E-state index in [0.29, 0.717) is 5.75 Å². The number of rotatable bonds is 4. The summed E-state index contributed by atoms with van der Waals surface area (Å²) < 4.78 is 0. The second-order valence-electron chi connectivity index (χ2n) is 4.56. The predicted octanol–water partition coefficient (Wildman–Crippen LogP) is 3.47. The monoisotopic (exact) mass is 207 g/mol. The molecule has 1 aromatic rings. The van der Waals surface area contributed by atoms with Crippen molar-refractivity contribution in [3.05, 3.63) is 23.3 Å². The Morgan fingerprint density at radius 3 is 2.47 bits per heavy atom. The minimum Gasteiger partial charge on any atom is -0.508 e. The first-order chi connectivity index (χ1) is 7.00. The summed E-state index contributed by atoms with van der Waals surface area (Å²) in [6.45, 7) is 9.36. The highest BCUT2D eigenvalue weighted by Gasteiger charge is 2.03. The fourth-order valence-electron chi connectivity index (χ4n) is 1.49. The van der Waals surface area contributed by atoms with Crippen molar-refractivity contribution in [1.29, 1.82) is 0 Å². The van der Waals surface area contributed by atoms with E-state index in [-0.39, 0.29) is 0 Å². The van der Waals surface area contributed by atoms with E-state index in [1.807, 2.05) is 26.0 Å². The Kier molecular flexibility index (Phi) is 4.01. The number of benzene rings is 1. The second kappa shape index (κ2) is 5.06. The molecule has 0 aliphatic heterocycles. The standard InChI is InChI=1S/C13H21NO/c1-9(2)5-6-14-12-7-11(4)13(15)8-10(12)3/h7-9,14-15H,5-6H2,1-4H3. The van der Waals surface area contributed by atoms with Crippen LogP contribution in [0.4, 0.5) is 5.69 Å². The van der Waals surface area contributed by atoms with Gasteiger partial charge in [0.2, 0.25) is 0 Å². The van der Waals surface area contributed by atoms with Crippen molar-refractivity contribution in [2.45, 2.75) is 34.1 Å². The molecule has 0 unspecified atom stereocenters. The number of hydrogen-bond acceptors (Lipinski definition) is 2. The fraction of sp³-hybridized carbons (Fsp3) is 0.538. The summed E-state index contributed by atoms with van der Waals surface area (Å²) in [6, 6.07) is 3.82. The molecule has 0 bridgehead atoms. The average molecular weight is 207 g/mol. The molecule has 0 saturated carbocycles. The van der Waals surface area contributed by atoms with Crippen molar-refractivity contribution < 1.29 is 5.11 Å². The molecule has 2 nitrogen and oxygen atoms in total. The minimum atomic E-state index is 0.377. The number of aryl methyl sites for hydroxylation is 2. The Balaban J connectivity index is 2.65. The average Bonchev–Trinajstić information content (AvgIpc) is 2.13. The van der Waals surface area contributed by atoms with Crippen LogP contribution in [0.15, 0.2) is 12.1 Å². The zero-order valence-electron chi connectivity index (χ0n) is 10.1. The summed E-state index contributed by atoms with van der Waals surface area (Å²) in [5.74, 6) is 1.10. The Bertz CT molecular complexity index is 332. The number of aromatic hydroxyl groups is 1. The quantitative estimate of drug-likeness (QED) is 0.741. The summed E-state index contributed by atoms with van der Waals surface area (Å²) in [7, 11) is 0. The molecule has 0 aliphatic rings. The molecule has 0 fully saturated rings. The van der Waals surface area contributed by atoms with E-state index in [9.17, 15) is 5.11 Å². The van der Waals surface area contributed by atoms with Crippen molar-refractivity contribution in [1.82, 2.24) is 0 Å². The van der Waals surface area contributed by atoms with Crippen molar-refractivity contribution in [3.63, 3.8) is 0 Å². The molecule has 15 heavy (non-hydrogen) atoms. The lowest BCUT2D eigenvalue weighted by Crippen LogP contribution is -2.06. The summed E-state index contributed by atoms with van der Waals surface area (Å²) in [5.41, 5.74) is 3.15. The van der Waals surface area contributed by atoms with Gasteiger partial charge in [0.15, 0.2) is 0 Å². The molecule has 2 heteroatoms. The summed E-state index contributed by atoms with van der Waals surface area (Å²) in [5, 5.41) is 12.9. The highest BCUT2D eigenvalue weighted by atomic mass is 16.3. The molecule has 1 aromatic carbocycles. The smallest absolute Gasteiger partial charge is 0.118 e. The van der Waals surface area contributed by atoms with Crippen LogP contribution in [0.5, 0.6) is 5.75 Å². The van der Waals surface area contributed by atoms with Crippen LogP contribution >= 0.6 is 0 Å². The molecule has 0 saturated heterocycles. The number of phenolic OH excluding ortho intramolecular Hbond substituents is 1. The van der Waals surface area contributed by atoms with Crippen molar-refractivity contribution in [3.8, 4) is 5.75 Å². The number of hydrogen-bond donors (Lipinski definition) is 2. The SMILES string of the molecule is Cc1cc(NCCC(C)C)c(C)cc1O. The number of phenols is 1. The molecular formula is C13H21NO. The summed E-state index contributed by atoms with van der Waals surface area (Å²) in [6.07, 6.45) is 1.17. The zero-order valence-corrected chi connectivity index (χ0v) is 10.1. The Hall–Kier alpha value is -1.18. The van der Waals surface area contributed by atoms with Gasteiger partial charge < -0.3 is 10.4 Å². The molecule has 0 heterocycles. The van der Waals surface area contributed by atoms with Crippen LogP contribution in [-0.4, -0.2) is 11.7 Å². The van der Waals surface area contributed by atoms with Crippen LogP contribution in [0.1, 0.15) is 31.4 Å². The molecule has 0 radical (unpaired) electrons. The third kappa shape index (κ3) is 3.46. The molecule has 0 aliphatic carbocycles. The third-order valence-electron chi connectivity index (χ3n) is 2.58. The Labute approximate surface area is 92.3 Å². The van der Waals surface area contributed by atoms with Gasteiger partial charge in [-0.05, 0) is 49.4 Å². The van der Waals surface area contributed by atoms with Crippen LogP contribution in [-0.2, 0) is 0 Å². The lowest BCUT2D eigenvalue weighted by molar-refractivity contribution is 0.471. The first-order valence-corrected chi connectivity index (χ1v) is 5.54. The van der Waals surface area contributed by atoms with Crippen LogP contribution in [0.2, 0.25) is 0 Å². The Morgan fingerprint density at radius 2 is 1.87 bits per heavy atom. The van der Waals surface area contributed by atoms with Gasteiger partial charge in [0, 0.05) is 12.2 Å². The molecule has 84 valence electrons. The van der Waals surface area contributed by atoms with Crippen molar-refractivity contribution in [2.24, 2.45) is 5.92 Å². The van der Waals surface area contributed by atoms with E-state index in [1.54, 1.807) is 0 Å². The van der Waals surface area contributed by atoms with Gasteiger partial charge in [-0.3, -0.25) is 0 Å². The van der Waals surface area contributed by atoms with E-state index in [2.05, 4.69) is 19.2 Å². The lowest BCUT2D eigenvalue weighted by atomic mass is 10.1. The first kappa shape index (κ1) is 11.9. The topological polar surface area (TPSA) is 32.3 Å². The summed E-state index contributed by atoms with van der Waals surface area (Å²) in [4.78, 5) is 0. The molecular weight excluding hydrogens is 186 g/mol. The van der Waals surface area contributed by atoms with Crippen LogP contribution in [0, 0.1) is 19.8 Å². The van der Waals surface area contributed by atoms with Crippen molar-refractivity contribution in [2.75, 3.05) is 11.9 Å². The van der Waals surface area contributed by atoms with E-state index < -0.39 is 0 Å². The largest absolute Gasteiger partial charge is 0.508 e. The maximum atomic E-state index is 9.51. The van der Waals surface area contributed by atoms with Gasteiger partial charge in [0.25, 0.3) is 0 Å². The minimum absolute atomic E-state index is 0.377. The van der Waals surface area contributed by atoms with E-state index in [1.165, 1.54) is 6.42 Å². The lowest BCUT2D eigenvalue weighted by Gasteiger charge is -2.12. The van der Waals surface area contributed by atoms with Crippen molar-refractivity contribution >= 4 is 5.69 Å². The second-order valence-corrected chi connectivity index (χ2v) is 4.56. The van der Waals surface area contributed by atoms with Gasteiger partial charge in [0.05, 0.1) is 0 Å².